The summed E-state index contributed by atoms with van der Waals surface area (Å²) in [5.74, 6) is 2.88. The minimum Gasteiger partial charge on any atom is -0.286 e. The summed E-state index contributed by atoms with van der Waals surface area (Å²) in [5, 5.41) is 0. The maximum absolute atomic E-state index is 12.1. The molecule has 0 fully saturated rings. The van der Waals surface area contributed by atoms with Crippen LogP contribution in [0, 0.1) is 17.8 Å². The summed E-state index contributed by atoms with van der Waals surface area (Å²) < 4.78 is 54.6. The summed E-state index contributed by atoms with van der Waals surface area (Å²) in [4.78, 5) is 0.105. The van der Waals surface area contributed by atoms with Crippen molar-refractivity contribution in [1.82, 2.24) is 0 Å². The number of hydrogen-bond donors (Lipinski definition) is 1. The fraction of sp³-hybridized carbons (Fsp3) is 0.333. The zero-order valence-corrected chi connectivity index (χ0v) is 11.9. The summed E-state index contributed by atoms with van der Waals surface area (Å²) in [6, 6.07) is 7.70. The standard InChI is InChI=1S/C12H14O5S2/c1-2-6-11(10-19(15,16)17)9-18(13,14)12-7-4-3-5-8-12/h3-5,7-8,11H,9-10H2,1H3,(H,15,16,17). The van der Waals surface area contributed by atoms with Crippen LogP contribution in [0.4, 0.5) is 0 Å². The SMILES string of the molecule is CC#CC(CS(=O)(=O)O)CS(=O)(=O)c1ccccc1. The molecule has 0 bridgehead atoms. The van der Waals surface area contributed by atoms with E-state index in [1.165, 1.54) is 19.1 Å². The molecule has 0 aliphatic rings. The minimum atomic E-state index is -4.27. The third-order valence-electron chi connectivity index (χ3n) is 2.28. The van der Waals surface area contributed by atoms with E-state index in [1.807, 2.05) is 0 Å². The Bertz CT molecular complexity index is 679. The van der Waals surface area contributed by atoms with Crippen molar-refractivity contribution in [3.8, 4) is 11.8 Å². The van der Waals surface area contributed by atoms with Crippen LogP contribution in [-0.4, -0.2) is 32.9 Å². The second kappa shape index (κ2) is 6.19. The molecule has 0 saturated heterocycles. The lowest BCUT2D eigenvalue weighted by atomic mass is 10.2. The first-order chi connectivity index (χ1) is 8.74. The van der Waals surface area contributed by atoms with E-state index in [9.17, 15) is 16.8 Å². The monoisotopic (exact) mass is 302 g/mol. The van der Waals surface area contributed by atoms with Crippen LogP contribution in [0.3, 0.4) is 0 Å². The Kier molecular flexibility index (Phi) is 5.11. The van der Waals surface area contributed by atoms with Gasteiger partial charge in [0.1, 0.15) is 0 Å². The second-order valence-corrected chi connectivity index (χ2v) is 7.47. The maximum Gasteiger partial charge on any atom is 0.266 e. The average Bonchev–Trinajstić information content (AvgIpc) is 2.27. The Morgan fingerprint density at radius 3 is 2.16 bits per heavy atom. The van der Waals surface area contributed by atoms with Crippen molar-refractivity contribution >= 4 is 20.0 Å². The molecule has 0 aliphatic heterocycles. The van der Waals surface area contributed by atoms with Gasteiger partial charge in [-0.1, -0.05) is 24.1 Å². The Labute approximate surface area is 113 Å². The minimum absolute atomic E-state index is 0.105. The average molecular weight is 302 g/mol. The fourth-order valence-corrected chi connectivity index (χ4v) is 3.93. The van der Waals surface area contributed by atoms with Crippen LogP contribution >= 0.6 is 0 Å². The highest BCUT2D eigenvalue weighted by atomic mass is 32.2. The number of sulfone groups is 1. The Morgan fingerprint density at radius 2 is 1.68 bits per heavy atom. The second-order valence-electron chi connectivity index (χ2n) is 3.93. The van der Waals surface area contributed by atoms with Gasteiger partial charge < -0.3 is 0 Å². The van der Waals surface area contributed by atoms with E-state index < -0.39 is 37.4 Å². The third-order valence-corrected chi connectivity index (χ3v) is 4.94. The van der Waals surface area contributed by atoms with Gasteiger partial charge in [-0.25, -0.2) is 8.42 Å². The van der Waals surface area contributed by atoms with E-state index in [2.05, 4.69) is 11.8 Å². The number of benzene rings is 1. The molecule has 1 atom stereocenters. The molecule has 1 unspecified atom stereocenters. The first-order valence-corrected chi connectivity index (χ1v) is 8.66. The highest BCUT2D eigenvalue weighted by Gasteiger charge is 2.23. The van der Waals surface area contributed by atoms with Crippen molar-refractivity contribution in [2.45, 2.75) is 11.8 Å². The van der Waals surface area contributed by atoms with Gasteiger partial charge in [0.15, 0.2) is 9.84 Å². The largest absolute Gasteiger partial charge is 0.286 e. The molecule has 0 aliphatic carbocycles. The van der Waals surface area contributed by atoms with Crippen molar-refractivity contribution < 1.29 is 21.4 Å². The molecule has 0 aromatic heterocycles. The quantitative estimate of drug-likeness (QED) is 0.647. The molecular formula is C12H14O5S2. The molecular weight excluding hydrogens is 288 g/mol. The van der Waals surface area contributed by atoms with Crippen LogP contribution in [0.15, 0.2) is 35.2 Å². The van der Waals surface area contributed by atoms with Gasteiger partial charge >= 0.3 is 0 Å². The van der Waals surface area contributed by atoms with Crippen molar-refractivity contribution in [2.24, 2.45) is 5.92 Å². The van der Waals surface area contributed by atoms with Crippen LogP contribution in [0.2, 0.25) is 0 Å². The van der Waals surface area contributed by atoms with Gasteiger partial charge in [-0.15, -0.1) is 5.92 Å². The summed E-state index contributed by atoms with van der Waals surface area (Å²) in [6.07, 6.45) is 0. The Balaban J connectivity index is 2.99. The van der Waals surface area contributed by atoms with E-state index >= 15 is 0 Å². The first kappa shape index (κ1) is 15.7. The molecule has 0 heterocycles. The van der Waals surface area contributed by atoms with Crippen LogP contribution in [0.5, 0.6) is 0 Å². The van der Waals surface area contributed by atoms with E-state index in [0.29, 0.717) is 0 Å². The van der Waals surface area contributed by atoms with E-state index in [4.69, 9.17) is 4.55 Å². The summed E-state index contributed by atoms with van der Waals surface area (Å²) in [5.41, 5.74) is 0. The smallest absolute Gasteiger partial charge is 0.266 e. The predicted molar refractivity (Wildman–Crippen MR) is 71.9 cm³/mol. The lowest BCUT2D eigenvalue weighted by molar-refractivity contribution is 0.478. The molecule has 5 nitrogen and oxygen atoms in total. The van der Waals surface area contributed by atoms with Gasteiger partial charge in [-0.05, 0) is 19.1 Å². The molecule has 104 valence electrons. The normalized spacial score (nSPS) is 13.4. The molecule has 0 radical (unpaired) electrons. The van der Waals surface area contributed by atoms with Gasteiger partial charge in [0.25, 0.3) is 10.1 Å². The third kappa shape index (κ3) is 5.42. The first-order valence-electron chi connectivity index (χ1n) is 5.40. The van der Waals surface area contributed by atoms with Crippen LogP contribution in [0.25, 0.3) is 0 Å². The highest BCUT2D eigenvalue weighted by Crippen LogP contribution is 2.14. The Morgan fingerprint density at radius 1 is 1.11 bits per heavy atom. The summed E-state index contributed by atoms with van der Waals surface area (Å²) >= 11 is 0. The van der Waals surface area contributed by atoms with Gasteiger partial charge in [-0.2, -0.15) is 8.42 Å². The molecule has 0 saturated carbocycles. The number of rotatable bonds is 5. The summed E-state index contributed by atoms with van der Waals surface area (Å²) in [7, 11) is -7.90. The van der Waals surface area contributed by atoms with Gasteiger partial charge in [-0.3, -0.25) is 4.55 Å². The molecule has 1 aromatic carbocycles. The summed E-state index contributed by atoms with van der Waals surface area (Å²) in [6.45, 7) is 1.48. The lowest BCUT2D eigenvalue weighted by Gasteiger charge is -2.09. The lowest BCUT2D eigenvalue weighted by Crippen LogP contribution is -2.22. The number of hydrogen-bond acceptors (Lipinski definition) is 4. The zero-order chi connectivity index (χ0) is 14.5. The molecule has 1 N–H and O–H groups in total. The van der Waals surface area contributed by atoms with Gasteiger partial charge in [0.2, 0.25) is 0 Å². The van der Waals surface area contributed by atoms with Crippen LogP contribution in [0.1, 0.15) is 6.92 Å². The van der Waals surface area contributed by atoms with E-state index in [0.717, 1.165) is 0 Å². The highest BCUT2D eigenvalue weighted by molar-refractivity contribution is 7.91. The fourth-order valence-electron chi connectivity index (χ4n) is 1.58. The van der Waals surface area contributed by atoms with E-state index in [1.54, 1.807) is 18.2 Å². The maximum atomic E-state index is 12.1. The van der Waals surface area contributed by atoms with Crippen molar-refractivity contribution in [3.63, 3.8) is 0 Å². The van der Waals surface area contributed by atoms with Crippen molar-refractivity contribution in [2.75, 3.05) is 11.5 Å². The molecule has 1 rings (SSSR count). The van der Waals surface area contributed by atoms with Gasteiger partial charge in [0, 0.05) is 0 Å². The molecule has 19 heavy (non-hydrogen) atoms. The molecule has 0 amide bonds. The Hall–Kier alpha value is -1.36. The van der Waals surface area contributed by atoms with Crippen LogP contribution in [-0.2, 0) is 20.0 Å². The molecule has 7 heteroatoms. The zero-order valence-electron chi connectivity index (χ0n) is 10.3. The van der Waals surface area contributed by atoms with E-state index in [-0.39, 0.29) is 4.90 Å². The van der Waals surface area contributed by atoms with Gasteiger partial charge in [0.05, 0.1) is 22.3 Å². The van der Waals surface area contributed by atoms with Crippen molar-refractivity contribution in [1.29, 1.82) is 0 Å². The predicted octanol–water partition coefficient (Wildman–Crippen LogP) is 0.988. The molecule has 0 spiro atoms. The topological polar surface area (TPSA) is 88.5 Å². The van der Waals surface area contributed by atoms with Crippen LogP contribution < -0.4 is 0 Å². The van der Waals surface area contributed by atoms with Crippen molar-refractivity contribution in [3.05, 3.63) is 30.3 Å². The molecule has 1 aromatic rings.